The predicted molar refractivity (Wildman–Crippen MR) is 65.3 cm³/mol. The molecular weight excluding hydrogens is 204 g/mol. The Morgan fingerprint density at radius 3 is 2.47 bits per heavy atom. The van der Waals surface area contributed by atoms with E-state index in [4.69, 9.17) is 5.73 Å². The van der Waals surface area contributed by atoms with Crippen LogP contribution in [0.3, 0.4) is 0 Å². The minimum absolute atomic E-state index is 0.0367. The van der Waals surface area contributed by atoms with Gasteiger partial charge in [0.1, 0.15) is 0 Å². The Balaban J connectivity index is 2.06. The number of nitrogens with zero attached hydrogens (tertiary/aromatic N) is 1. The molecule has 84 valence electrons. The first kappa shape index (κ1) is 11.1. The summed E-state index contributed by atoms with van der Waals surface area (Å²) in [5, 5.41) is 1.23. The molecule has 0 bridgehead atoms. The van der Waals surface area contributed by atoms with Crippen LogP contribution >= 0.6 is 11.3 Å². The number of thiazole rings is 1. The van der Waals surface area contributed by atoms with Crippen molar-refractivity contribution in [3.8, 4) is 0 Å². The summed E-state index contributed by atoms with van der Waals surface area (Å²) in [4.78, 5) is 5.93. The first-order chi connectivity index (χ1) is 7.09. The topological polar surface area (TPSA) is 38.9 Å². The van der Waals surface area contributed by atoms with Gasteiger partial charge in [0.25, 0.3) is 0 Å². The molecule has 1 aromatic heterocycles. The Morgan fingerprint density at radius 1 is 1.27 bits per heavy atom. The van der Waals surface area contributed by atoms with Gasteiger partial charge in [0.2, 0.25) is 0 Å². The standard InChI is InChI=1S/C12H20N2S/c1-9-10(2)15-11(14-9)8-12(13)6-4-3-5-7-12/h3-8,13H2,1-2H3. The van der Waals surface area contributed by atoms with Crippen LogP contribution in [0.2, 0.25) is 0 Å². The first-order valence-electron chi connectivity index (χ1n) is 5.81. The molecule has 2 rings (SSSR count). The van der Waals surface area contributed by atoms with Crippen LogP contribution in [0, 0.1) is 13.8 Å². The van der Waals surface area contributed by atoms with Crippen LogP contribution in [-0.4, -0.2) is 10.5 Å². The second-order valence-corrected chi connectivity index (χ2v) is 6.14. The lowest BCUT2D eigenvalue weighted by Crippen LogP contribution is -2.43. The van der Waals surface area contributed by atoms with E-state index < -0.39 is 0 Å². The van der Waals surface area contributed by atoms with Gasteiger partial charge in [-0.2, -0.15) is 0 Å². The Kier molecular flexibility index (Phi) is 3.12. The average molecular weight is 224 g/mol. The molecule has 0 aromatic carbocycles. The highest BCUT2D eigenvalue weighted by Crippen LogP contribution is 2.30. The Morgan fingerprint density at radius 2 is 1.93 bits per heavy atom. The summed E-state index contributed by atoms with van der Waals surface area (Å²) in [5.74, 6) is 0. The largest absolute Gasteiger partial charge is 0.325 e. The van der Waals surface area contributed by atoms with Gasteiger partial charge in [-0.3, -0.25) is 0 Å². The van der Waals surface area contributed by atoms with Crippen LogP contribution in [0.15, 0.2) is 0 Å². The Hall–Kier alpha value is -0.410. The molecule has 2 N–H and O–H groups in total. The van der Waals surface area contributed by atoms with Crippen LogP contribution in [0.1, 0.15) is 47.7 Å². The minimum Gasteiger partial charge on any atom is -0.325 e. The normalized spacial score (nSPS) is 20.5. The number of rotatable bonds is 2. The van der Waals surface area contributed by atoms with E-state index in [1.807, 2.05) is 11.3 Å². The molecule has 3 heteroatoms. The van der Waals surface area contributed by atoms with Gasteiger partial charge in [0.15, 0.2) is 0 Å². The van der Waals surface area contributed by atoms with Gasteiger partial charge in [-0.25, -0.2) is 4.98 Å². The summed E-state index contributed by atoms with van der Waals surface area (Å²) in [6.07, 6.45) is 7.26. The zero-order chi connectivity index (χ0) is 10.9. The highest BCUT2D eigenvalue weighted by Gasteiger charge is 2.28. The van der Waals surface area contributed by atoms with Gasteiger partial charge in [-0.05, 0) is 26.7 Å². The number of hydrogen-bond donors (Lipinski definition) is 1. The lowest BCUT2D eigenvalue weighted by Gasteiger charge is -2.32. The summed E-state index contributed by atoms with van der Waals surface area (Å²) < 4.78 is 0. The minimum atomic E-state index is 0.0367. The van der Waals surface area contributed by atoms with Crippen LogP contribution in [-0.2, 0) is 6.42 Å². The fourth-order valence-corrected chi connectivity index (χ4v) is 3.44. The Labute approximate surface area is 95.9 Å². The maximum Gasteiger partial charge on any atom is 0.0949 e. The molecule has 0 radical (unpaired) electrons. The summed E-state index contributed by atoms with van der Waals surface area (Å²) in [5.41, 5.74) is 7.63. The lowest BCUT2D eigenvalue weighted by molar-refractivity contribution is 0.294. The Bertz CT molecular complexity index is 318. The van der Waals surface area contributed by atoms with E-state index in [0.29, 0.717) is 0 Å². The van der Waals surface area contributed by atoms with Crippen molar-refractivity contribution in [2.24, 2.45) is 5.73 Å². The molecule has 1 aliphatic rings. The van der Waals surface area contributed by atoms with Crippen LogP contribution in [0.4, 0.5) is 0 Å². The third-order valence-electron chi connectivity index (χ3n) is 3.43. The average Bonchev–Trinajstić information content (AvgIpc) is 2.46. The second-order valence-electron chi connectivity index (χ2n) is 4.85. The van der Waals surface area contributed by atoms with Gasteiger partial charge in [-0.15, -0.1) is 11.3 Å². The number of nitrogens with two attached hydrogens (primary N) is 1. The molecular formula is C12H20N2S. The van der Waals surface area contributed by atoms with Gasteiger partial charge in [0, 0.05) is 16.8 Å². The fraction of sp³-hybridized carbons (Fsp3) is 0.750. The SMILES string of the molecule is Cc1nc(CC2(N)CCCCC2)sc1C. The fourth-order valence-electron chi connectivity index (χ4n) is 2.35. The predicted octanol–water partition coefficient (Wildman–Crippen LogP) is 2.96. The molecule has 0 spiro atoms. The summed E-state index contributed by atoms with van der Waals surface area (Å²) in [6.45, 7) is 4.22. The van der Waals surface area contributed by atoms with E-state index in [9.17, 15) is 0 Å². The molecule has 0 aliphatic heterocycles. The van der Waals surface area contributed by atoms with Gasteiger partial charge in [-0.1, -0.05) is 19.3 Å². The molecule has 1 fully saturated rings. The van der Waals surface area contributed by atoms with Crippen molar-refractivity contribution in [3.63, 3.8) is 0 Å². The summed E-state index contributed by atoms with van der Waals surface area (Å²) in [7, 11) is 0. The van der Waals surface area contributed by atoms with Crippen molar-refractivity contribution in [2.45, 2.75) is 57.9 Å². The number of aryl methyl sites for hydroxylation is 2. The van der Waals surface area contributed by atoms with Crippen LogP contribution in [0.5, 0.6) is 0 Å². The molecule has 1 saturated carbocycles. The van der Waals surface area contributed by atoms with E-state index in [2.05, 4.69) is 18.8 Å². The molecule has 0 amide bonds. The molecule has 1 aromatic rings. The molecule has 2 nitrogen and oxygen atoms in total. The third-order valence-corrected chi connectivity index (χ3v) is 4.50. The van der Waals surface area contributed by atoms with Gasteiger partial charge >= 0.3 is 0 Å². The van der Waals surface area contributed by atoms with Crippen molar-refractivity contribution in [1.82, 2.24) is 4.98 Å². The quantitative estimate of drug-likeness (QED) is 0.839. The van der Waals surface area contributed by atoms with E-state index in [0.717, 1.165) is 6.42 Å². The highest BCUT2D eigenvalue weighted by molar-refractivity contribution is 7.11. The lowest BCUT2D eigenvalue weighted by atomic mass is 9.80. The third kappa shape index (κ3) is 2.58. The smallest absolute Gasteiger partial charge is 0.0949 e. The maximum absolute atomic E-state index is 6.42. The van der Waals surface area contributed by atoms with Crippen molar-refractivity contribution in [1.29, 1.82) is 0 Å². The van der Waals surface area contributed by atoms with E-state index in [1.165, 1.54) is 47.7 Å². The zero-order valence-electron chi connectivity index (χ0n) is 9.68. The molecule has 0 atom stereocenters. The summed E-state index contributed by atoms with van der Waals surface area (Å²) in [6, 6.07) is 0. The maximum atomic E-state index is 6.42. The summed E-state index contributed by atoms with van der Waals surface area (Å²) >= 11 is 1.82. The van der Waals surface area contributed by atoms with Gasteiger partial charge in [0.05, 0.1) is 10.7 Å². The van der Waals surface area contributed by atoms with Crippen molar-refractivity contribution in [3.05, 3.63) is 15.6 Å². The molecule has 0 saturated heterocycles. The second kappa shape index (κ2) is 4.22. The zero-order valence-corrected chi connectivity index (χ0v) is 10.5. The number of hydrogen-bond acceptors (Lipinski definition) is 3. The van der Waals surface area contributed by atoms with E-state index in [-0.39, 0.29) is 5.54 Å². The molecule has 1 aliphatic carbocycles. The van der Waals surface area contributed by atoms with Crippen molar-refractivity contribution in [2.75, 3.05) is 0 Å². The number of aromatic nitrogens is 1. The van der Waals surface area contributed by atoms with Gasteiger partial charge < -0.3 is 5.73 Å². The van der Waals surface area contributed by atoms with E-state index >= 15 is 0 Å². The van der Waals surface area contributed by atoms with Crippen LogP contribution in [0.25, 0.3) is 0 Å². The van der Waals surface area contributed by atoms with Crippen molar-refractivity contribution < 1.29 is 0 Å². The van der Waals surface area contributed by atoms with Crippen LogP contribution < -0.4 is 5.73 Å². The molecule has 1 heterocycles. The molecule has 15 heavy (non-hydrogen) atoms. The molecule has 0 unspecified atom stereocenters. The van der Waals surface area contributed by atoms with E-state index in [1.54, 1.807) is 0 Å². The monoisotopic (exact) mass is 224 g/mol. The first-order valence-corrected chi connectivity index (χ1v) is 6.62. The van der Waals surface area contributed by atoms with Crippen molar-refractivity contribution >= 4 is 11.3 Å². The highest BCUT2D eigenvalue weighted by atomic mass is 32.1.